The Hall–Kier alpha value is -3.29. The molecule has 1 amide bonds. The summed E-state index contributed by atoms with van der Waals surface area (Å²) in [7, 11) is 0. The van der Waals surface area contributed by atoms with Crippen LogP contribution in [0.1, 0.15) is 23.0 Å². The zero-order valence-corrected chi connectivity index (χ0v) is 16.1. The molecular formula is C20H23N7O. The van der Waals surface area contributed by atoms with Crippen molar-refractivity contribution in [2.24, 2.45) is 0 Å². The highest BCUT2D eigenvalue weighted by Gasteiger charge is 2.24. The van der Waals surface area contributed by atoms with Crippen molar-refractivity contribution in [2.45, 2.75) is 13.8 Å². The molecule has 1 aliphatic heterocycles. The number of benzene rings is 1. The van der Waals surface area contributed by atoms with Crippen LogP contribution in [-0.4, -0.2) is 63.5 Å². The van der Waals surface area contributed by atoms with Crippen LogP contribution >= 0.6 is 0 Å². The van der Waals surface area contributed by atoms with Gasteiger partial charge in [-0.05, 0) is 32.0 Å². The molecule has 3 heterocycles. The molecule has 8 heteroatoms. The van der Waals surface area contributed by atoms with Gasteiger partial charge in [-0.1, -0.05) is 0 Å². The number of fused-ring (bicyclic) bond motifs is 1. The topological polar surface area (TPSA) is 87.1 Å². The molecule has 2 aromatic heterocycles. The molecule has 0 aliphatic carbocycles. The number of anilines is 2. The van der Waals surface area contributed by atoms with Gasteiger partial charge in [0, 0.05) is 62.4 Å². The van der Waals surface area contributed by atoms with Gasteiger partial charge in [-0.3, -0.25) is 14.8 Å². The van der Waals surface area contributed by atoms with Gasteiger partial charge in [0.25, 0.3) is 5.91 Å². The van der Waals surface area contributed by atoms with E-state index in [0.717, 1.165) is 29.1 Å². The number of carbonyl (C=O) groups excluding carboxylic acids is 1. The zero-order chi connectivity index (χ0) is 19.5. The molecule has 1 N–H and O–H groups in total. The number of aromatic nitrogens is 4. The summed E-state index contributed by atoms with van der Waals surface area (Å²) in [5, 5.41) is 3.24. The molecule has 144 valence electrons. The number of nitrogens with one attached hydrogen (secondary N) is 1. The highest BCUT2D eigenvalue weighted by molar-refractivity contribution is 5.97. The van der Waals surface area contributed by atoms with Crippen LogP contribution in [0, 0.1) is 6.92 Å². The monoisotopic (exact) mass is 377 g/mol. The highest BCUT2D eigenvalue weighted by Crippen LogP contribution is 2.18. The number of rotatable bonds is 4. The van der Waals surface area contributed by atoms with Crippen LogP contribution < -0.4 is 10.2 Å². The lowest BCUT2D eigenvalue weighted by Gasteiger charge is -2.35. The first-order valence-electron chi connectivity index (χ1n) is 9.48. The van der Waals surface area contributed by atoms with Gasteiger partial charge in [0.15, 0.2) is 0 Å². The number of nitrogens with zero attached hydrogens (tertiary/aromatic N) is 6. The molecule has 1 aliphatic rings. The van der Waals surface area contributed by atoms with Crippen LogP contribution in [-0.2, 0) is 0 Å². The minimum Gasteiger partial charge on any atom is -0.370 e. The average Bonchev–Trinajstić information content (AvgIpc) is 2.73. The van der Waals surface area contributed by atoms with Crippen molar-refractivity contribution in [3.63, 3.8) is 0 Å². The van der Waals surface area contributed by atoms with Crippen molar-refractivity contribution in [1.82, 2.24) is 24.8 Å². The summed E-state index contributed by atoms with van der Waals surface area (Å²) in [5.74, 6) is 1.57. The van der Waals surface area contributed by atoms with Crippen molar-refractivity contribution in [1.29, 1.82) is 0 Å². The molecule has 8 nitrogen and oxygen atoms in total. The molecule has 1 aromatic carbocycles. The summed E-state index contributed by atoms with van der Waals surface area (Å²) in [5.41, 5.74) is 3.09. The number of piperazine rings is 1. The Morgan fingerprint density at radius 2 is 1.79 bits per heavy atom. The van der Waals surface area contributed by atoms with E-state index in [1.165, 1.54) is 0 Å². The maximum Gasteiger partial charge on any atom is 0.254 e. The molecule has 0 atom stereocenters. The second-order valence-corrected chi connectivity index (χ2v) is 6.76. The van der Waals surface area contributed by atoms with Crippen LogP contribution in [0.25, 0.3) is 11.0 Å². The van der Waals surface area contributed by atoms with Crippen molar-refractivity contribution in [2.75, 3.05) is 42.9 Å². The van der Waals surface area contributed by atoms with Crippen LogP contribution in [0.3, 0.4) is 0 Å². The number of aryl methyl sites for hydroxylation is 1. The SMILES string of the molecule is CCNc1cc(C)nc(N2CCN(C(=O)c3ccc4nccnc4c3)CC2)n1. The van der Waals surface area contributed by atoms with Crippen LogP contribution in [0.2, 0.25) is 0 Å². The molecule has 4 rings (SSSR count). The average molecular weight is 377 g/mol. The lowest BCUT2D eigenvalue weighted by Crippen LogP contribution is -2.49. The minimum absolute atomic E-state index is 0.0192. The van der Waals surface area contributed by atoms with Gasteiger partial charge in [0.2, 0.25) is 5.95 Å². The Labute approximate surface area is 163 Å². The summed E-state index contributed by atoms with van der Waals surface area (Å²) in [6, 6.07) is 7.41. The number of carbonyl (C=O) groups is 1. The van der Waals surface area contributed by atoms with E-state index >= 15 is 0 Å². The van der Waals surface area contributed by atoms with Gasteiger partial charge < -0.3 is 15.1 Å². The third kappa shape index (κ3) is 3.71. The maximum atomic E-state index is 12.9. The van der Waals surface area contributed by atoms with Crippen molar-refractivity contribution >= 4 is 28.7 Å². The van der Waals surface area contributed by atoms with E-state index in [-0.39, 0.29) is 5.91 Å². The Balaban J connectivity index is 1.45. The molecule has 0 spiro atoms. The fourth-order valence-electron chi connectivity index (χ4n) is 3.35. The molecule has 0 unspecified atom stereocenters. The molecule has 28 heavy (non-hydrogen) atoms. The second-order valence-electron chi connectivity index (χ2n) is 6.76. The fraction of sp³-hybridized carbons (Fsp3) is 0.350. The molecule has 0 bridgehead atoms. The molecule has 0 saturated carbocycles. The van der Waals surface area contributed by atoms with Gasteiger partial charge in [-0.25, -0.2) is 4.98 Å². The van der Waals surface area contributed by atoms with E-state index in [1.807, 2.05) is 43.0 Å². The van der Waals surface area contributed by atoms with Crippen LogP contribution in [0.5, 0.6) is 0 Å². The molecular weight excluding hydrogens is 354 g/mol. The van der Waals surface area contributed by atoms with E-state index in [1.54, 1.807) is 12.4 Å². The first-order valence-corrected chi connectivity index (χ1v) is 9.48. The normalized spacial score (nSPS) is 14.4. The van der Waals surface area contributed by atoms with Gasteiger partial charge in [-0.2, -0.15) is 4.98 Å². The molecule has 3 aromatic rings. The predicted molar refractivity (Wildman–Crippen MR) is 109 cm³/mol. The van der Waals surface area contributed by atoms with Crippen molar-refractivity contribution < 1.29 is 4.79 Å². The fourth-order valence-corrected chi connectivity index (χ4v) is 3.35. The standard InChI is InChI=1S/C20H23N7O/c1-3-21-18-12-14(2)24-20(25-18)27-10-8-26(9-11-27)19(28)15-4-5-16-17(13-15)23-7-6-22-16/h4-7,12-13H,3,8-11H2,1-2H3,(H,21,24,25). The van der Waals surface area contributed by atoms with E-state index < -0.39 is 0 Å². The predicted octanol–water partition coefficient (Wildman–Crippen LogP) is 2.12. The van der Waals surface area contributed by atoms with Crippen LogP contribution in [0.15, 0.2) is 36.7 Å². The number of hydrogen-bond donors (Lipinski definition) is 1. The van der Waals surface area contributed by atoms with E-state index in [2.05, 4.69) is 30.2 Å². The van der Waals surface area contributed by atoms with Crippen molar-refractivity contribution in [3.8, 4) is 0 Å². The van der Waals surface area contributed by atoms with Gasteiger partial charge in [0.1, 0.15) is 5.82 Å². The van der Waals surface area contributed by atoms with E-state index in [4.69, 9.17) is 0 Å². The number of amides is 1. The highest BCUT2D eigenvalue weighted by atomic mass is 16.2. The molecule has 1 saturated heterocycles. The van der Waals surface area contributed by atoms with E-state index in [0.29, 0.717) is 37.7 Å². The Kier molecular flexibility index (Phi) is 5.01. The smallest absolute Gasteiger partial charge is 0.254 e. The quantitative estimate of drug-likeness (QED) is 0.745. The second kappa shape index (κ2) is 7.75. The van der Waals surface area contributed by atoms with Gasteiger partial charge >= 0.3 is 0 Å². The molecule has 0 radical (unpaired) electrons. The summed E-state index contributed by atoms with van der Waals surface area (Å²) in [6.45, 7) is 7.49. The molecule has 1 fully saturated rings. The Morgan fingerprint density at radius 3 is 2.54 bits per heavy atom. The summed E-state index contributed by atoms with van der Waals surface area (Å²) < 4.78 is 0. The van der Waals surface area contributed by atoms with Crippen LogP contribution in [0.4, 0.5) is 11.8 Å². The van der Waals surface area contributed by atoms with E-state index in [9.17, 15) is 4.79 Å². The lowest BCUT2D eigenvalue weighted by molar-refractivity contribution is 0.0746. The Morgan fingerprint density at radius 1 is 1.04 bits per heavy atom. The summed E-state index contributed by atoms with van der Waals surface area (Å²) in [4.78, 5) is 34.6. The largest absolute Gasteiger partial charge is 0.370 e. The first-order chi connectivity index (χ1) is 13.6. The lowest BCUT2D eigenvalue weighted by atomic mass is 10.1. The summed E-state index contributed by atoms with van der Waals surface area (Å²) >= 11 is 0. The maximum absolute atomic E-state index is 12.9. The summed E-state index contributed by atoms with van der Waals surface area (Å²) in [6.07, 6.45) is 3.29. The third-order valence-electron chi connectivity index (χ3n) is 4.77. The number of hydrogen-bond acceptors (Lipinski definition) is 7. The van der Waals surface area contributed by atoms with Crippen molar-refractivity contribution in [3.05, 3.63) is 47.9 Å². The minimum atomic E-state index is 0.0192. The first kappa shape index (κ1) is 18.1. The van der Waals surface area contributed by atoms with Gasteiger partial charge in [-0.15, -0.1) is 0 Å². The Bertz CT molecular complexity index is 999. The third-order valence-corrected chi connectivity index (χ3v) is 4.77. The zero-order valence-electron chi connectivity index (χ0n) is 16.1. The van der Waals surface area contributed by atoms with Gasteiger partial charge in [0.05, 0.1) is 11.0 Å².